The van der Waals surface area contributed by atoms with E-state index in [1.165, 1.54) is 59.0 Å². The smallest absolute Gasteiger partial charge is 0.180 e. The maximum Gasteiger partial charge on any atom is 0.180 e. The van der Waals surface area contributed by atoms with E-state index in [1.807, 2.05) is 0 Å². The standard InChI is InChI=1S/C59H39N3Si/c1-4-17-40(18-5-1)44-23-14-24-47(37-44)58-60-57(43-35-33-42(34-36-43)51-30-15-22-41-19-12-13-29-50(41)51)61-59(62-58)52-31-16-32-54-56(52)53-38-45-20-10-11-21-46(45)39-55(53)63(54,48-25-6-2-7-26-48)49-27-8-3-9-28-49/h1-39H. The summed E-state index contributed by atoms with van der Waals surface area (Å²) in [4.78, 5) is 16.1. The molecule has 0 aliphatic carbocycles. The molecule has 0 saturated carbocycles. The van der Waals surface area contributed by atoms with Gasteiger partial charge in [-0.1, -0.05) is 224 Å². The number of rotatable bonds is 7. The molecule has 4 heteroatoms. The molecule has 0 fully saturated rings. The van der Waals surface area contributed by atoms with Crippen molar-refractivity contribution in [2.75, 3.05) is 0 Å². The molecule has 12 rings (SSSR count). The predicted octanol–water partition coefficient (Wildman–Crippen LogP) is 11.9. The normalized spacial score (nSPS) is 12.6. The Kier molecular flexibility index (Phi) is 8.84. The number of hydrogen-bond acceptors (Lipinski definition) is 3. The molecule has 294 valence electrons. The topological polar surface area (TPSA) is 38.7 Å². The van der Waals surface area contributed by atoms with E-state index in [0.29, 0.717) is 17.5 Å². The van der Waals surface area contributed by atoms with Crippen LogP contribution in [-0.2, 0) is 0 Å². The van der Waals surface area contributed by atoms with Crippen molar-refractivity contribution in [2.45, 2.75) is 0 Å². The van der Waals surface area contributed by atoms with E-state index < -0.39 is 8.07 Å². The van der Waals surface area contributed by atoms with Gasteiger partial charge >= 0.3 is 0 Å². The van der Waals surface area contributed by atoms with Crippen LogP contribution in [0.25, 0.3) is 89.1 Å². The average Bonchev–Trinajstić information content (AvgIpc) is 3.66. The zero-order valence-corrected chi connectivity index (χ0v) is 35.4. The van der Waals surface area contributed by atoms with Crippen LogP contribution < -0.4 is 20.7 Å². The van der Waals surface area contributed by atoms with Gasteiger partial charge in [-0.2, -0.15) is 0 Å². The molecule has 1 aromatic heterocycles. The Balaban J connectivity index is 1.10. The van der Waals surface area contributed by atoms with Crippen LogP contribution in [-0.4, -0.2) is 23.0 Å². The molecule has 11 aromatic rings. The summed E-state index contributed by atoms with van der Waals surface area (Å²) in [5, 5.41) is 10.3. The third kappa shape index (κ3) is 6.14. The minimum atomic E-state index is -2.84. The Morgan fingerprint density at radius 2 is 0.778 bits per heavy atom. The lowest BCUT2D eigenvalue weighted by Crippen LogP contribution is -2.72. The van der Waals surface area contributed by atoms with Crippen LogP contribution in [0.2, 0.25) is 0 Å². The highest BCUT2D eigenvalue weighted by molar-refractivity contribution is 7.22. The van der Waals surface area contributed by atoms with E-state index >= 15 is 0 Å². The van der Waals surface area contributed by atoms with E-state index in [1.54, 1.807) is 0 Å². The molecule has 2 heterocycles. The monoisotopic (exact) mass is 817 g/mol. The van der Waals surface area contributed by atoms with Crippen molar-refractivity contribution in [3.63, 3.8) is 0 Å². The summed E-state index contributed by atoms with van der Waals surface area (Å²) in [5.74, 6) is 1.92. The first kappa shape index (κ1) is 36.8. The lowest BCUT2D eigenvalue weighted by Gasteiger charge is -2.31. The van der Waals surface area contributed by atoms with Gasteiger partial charge in [0.2, 0.25) is 0 Å². The molecule has 63 heavy (non-hydrogen) atoms. The highest BCUT2D eigenvalue weighted by atomic mass is 28.3. The van der Waals surface area contributed by atoms with E-state index in [2.05, 4.69) is 237 Å². The number of aromatic nitrogens is 3. The van der Waals surface area contributed by atoms with Crippen LogP contribution in [0.15, 0.2) is 237 Å². The van der Waals surface area contributed by atoms with E-state index in [9.17, 15) is 0 Å². The highest BCUT2D eigenvalue weighted by Crippen LogP contribution is 2.39. The Morgan fingerprint density at radius 3 is 1.51 bits per heavy atom. The zero-order valence-electron chi connectivity index (χ0n) is 34.4. The van der Waals surface area contributed by atoms with Crippen LogP contribution in [0.1, 0.15) is 0 Å². The third-order valence-electron chi connectivity index (χ3n) is 12.8. The van der Waals surface area contributed by atoms with Gasteiger partial charge < -0.3 is 0 Å². The van der Waals surface area contributed by atoms with Crippen molar-refractivity contribution in [1.82, 2.24) is 15.0 Å². The van der Waals surface area contributed by atoms with Crippen molar-refractivity contribution >= 4 is 50.4 Å². The Bertz CT molecular complexity index is 3450. The molecule has 0 atom stereocenters. The minimum absolute atomic E-state index is 0.633. The van der Waals surface area contributed by atoms with Gasteiger partial charge in [0, 0.05) is 16.7 Å². The van der Waals surface area contributed by atoms with Crippen LogP contribution >= 0.6 is 0 Å². The van der Waals surface area contributed by atoms with Crippen LogP contribution in [0, 0.1) is 0 Å². The first-order chi connectivity index (χ1) is 31.2. The SMILES string of the molecule is c1ccc(-c2cccc(-c3nc(-c4ccc(-c5cccc6ccccc56)cc4)nc(-c4cccc5c4-c4cc6ccccc6cc4[Si]5(c4ccccc4)c4ccccc4)n3)c2)cc1. The van der Waals surface area contributed by atoms with Gasteiger partial charge in [0.05, 0.1) is 0 Å². The molecule has 0 bridgehead atoms. The molecule has 0 radical (unpaired) electrons. The fourth-order valence-electron chi connectivity index (χ4n) is 9.91. The molecule has 0 N–H and O–H groups in total. The molecule has 3 nitrogen and oxygen atoms in total. The van der Waals surface area contributed by atoms with E-state index in [4.69, 9.17) is 15.0 Å². The predicted molar refractivity (Wildman–Crippen MR) is 265 cm³/mol. The lowest BCUT2D eigenvalue weighted by atomic mass is 9.96. The van der Waals surface area contributed by atoms with Gasteiger partial charge in [0.15, 0.2) is 25.5 Å². The van der Waals surface area contributed by atoms with Gasteiger partial charge in [-0.3, -0.25) is 0 Å². The first-order valence-corrected chi connectivity index (χ1v) is 23.5. The quantitative estimate of drug-likeness (QED) is 0.150. The number of fused-ring (bicyclic) bond motifs is 5. The second kappa shape index (κ2) is 15.1. The van der Waals surface area contributed by atoms with Crippen molar-refractivity contribution < 1.29 is 0 Å². The summed E-state index contributed by atoms with van der Waals surface area (Å²) < 4.78 is 0. The van der Waals surface area contributed by atoms with Gasteiger partial charge in [0.1, 0.15) is 0 Å². The van der Waals surface area contributed by atoms with Crippen molar-refractivity contribution in [3.8, 4) is 67.5 Å². The molecule has 1 aliphatic heterocycles. The van der Waals surface area contributed by atoms with Crippen LogP contribution in [0.3, 0.4) is 0 Å². The first-order valence-electron chi connectivity index (χ1n) is 21.5. The molecule has 0 amide bonds. The Labute approximate surface area is 367 Å². The maximum atomic E-state index is 5.43. The number of benzene rings is 10. The van der Waals surface area contributed by atoms with Crippen molar-refractivity contribution in [3.05, 3.63) is 237 Å². The van der Waals surface area contributed by atoms with Gasteiger partial charge in [0.25, 0.3) is 0 Å². The van der Waals surface area contributed by atoms with E-state index in [0.717, 1.165) is 33.4 Å². The molecule has 0 unspecified atom stereocenters. The van der Waals surface area contributed by atoms with Crippen molar-refractivity contribution in [1.29, 1.82) is 0 Å². The van der Waals surface area contributed by atoms with Gasteiger partial charge in [-0.05, 0) is 87.8 Å². The van der Waals surface area contributed by atoms with Gasteiger partial charge in [-0.25, -0.2) is 15.0 Å². The minimum Gasteiger partial charge on any atom is -0.208 e. The molecule has 0 saturated heterocycles. The molecular formula is C59H39N3Si. The van der Waals surface area contributed by atoms with Crippen LogP contribution in [0.4, 0.5) is 0 Å². The Morgan fingerprint density at radius 1 is 0.270 bits per heavy atom. The fourth-order valence-corrected chi connectivity index (χ4v) is 15.1. The van der Waals surface area contributed by atoms with Crippen LogP contribution in [0.5, 0.6) is 0 Å². The summed E-state index contributed by atoms with van der Waals surface area (Å²) in [6.45, 7) is 0. The second-order valence-corrected chi connectivity index (χ2v) is 20.0. The lowest BCUT2D eigenvalue weighted by molar-refractivity contribution is 1.07. The van der Waals surface area contributed by atoms with E-state index in [-0.39, 0.29) is 0 Å². The average molecular weight is 818 g/mol. The molecular weight excluding hydrogens is 779 g/mol. The summed E-state index contributed by atoms with van der Waals surface area (Å²) in [7, 11) is -2.84. The highest BCUT2D eigenvalue weighted by Gasteiger charge is 2.49. The summed E-state index contributed by atoms with van der Waals surface area (Å²) in [5.41, 5.74) is 9.91. The molecule has 10 aromatic carbocycles. The summed E-state index contributed by atoms with van der Waals surface area (Å²) >= 11 is 0. The fraction of sp³-hybridized carbons (Fsp3) is 0. The molecule has 0 spiro atoms. The number of hydrogen-bond donors (Lipinski definition) is 0. The molecule has 1 aliphatic rings. The summed E-state index contributed by atoms with van der Waals surface area (Å²) in [6.07, 6.45) is 0. The third-order valence-corrected chi connectivity index (χ3v) is 17.6. The number of nitrogens with zero attached hydrogens (tertiary/aromatic N) is 3. The largest absolute Gasteiger partial charge is 0.208 e. The zero-order chi connectivity index (χ0) is 41.7. The maximum absolute atomic E-state index is 5.43. The summed E-state index contributed by atoms with van der Waals surface area (Å²) in [6, 6.07) is 85.6. The second-order valence-electron chi connectivity index (χ2n) is 16.3. The van der Waals surface area contributed by atoms with Crippen molar-refractivity contribution in [2.24, 2.45) is 0 Å². The van der Waals surface area contributed by atoms with Gasteiger partial charge in [-0.15, -0.1) is 0 Å². The Hall–Kier alpha value is -8.05.